The van der Waals surface area contributed by atoms with Gasteiger partial charge in [0.2, 0.25) is 0 Å². The number of ketones is 1. The van der Waals surface area contributed by atoms with Crippen LogP contribution in [0.4, 0.5) is 11.4 Å². The number of hydrogen-bond acceptors (Lipinski definition) is 8. The maximum Gasteiger partial charge on any atom is 0.265 e. The maximum absolute atomic E-state index is 13.2. The highest BCUT2D eigenvalue weighted by molar-refractivity contribution is 7.94. The van der Waals surface area contributed by atoms with Crippen LogP contribution in [-0.4, -0.2) is 38.3 Å². The number of nitrogens with zero attached hydrogens (tertiary/aromatic N) is 1. The van der Waals surface area contributed by atoms with E-state index in [1.54, 1.807) is 36.4 Å². The molecule has 2 aliphatic rings. The van der Waals surface area contributed by atoms with E-state index in [0.717, 1.165) is 40.5 Å². The number of anilines is 2. The Bertz CT molecular complexity index is 1480. The van der Waals surface area contributed by atoms with Gasteiger partial charge in [0.05, 0.1) is 10.0 Å². The number of amides is 2. The number of thiophene rings is 1. The molecule has 0 bridgehead atoms. The molecule has 8 nitrogen and oxygen atoms in total. The van der Waals surface area contributed by atoms with Crippen LogP contribution in [-0.2, 0) is 32.3 Å². The van der Waals surface area contributed by atoms with Crippen LogP contribution in [0.15, 0.2) is 52.7 Å². The third kappa shape index (κ3) is 4.38. The molecule has 0 spiro atoms. The van der Waals surface area contributed by atoms with Gasteiger partial charge in [-0.15, -0.1) is 11.3 Å². The van der Waals surface area contributed by atoms with Gasteiger partial charge in [-0.1, -0.05) is 23.7 Å². The van der Waals surface area contributed by atoms with Gasteiger partial charge in [0.1, 0.15) is 16.0 Å². The predicted molar refractivity (Wildman–Crippen MR) is 134 cm³/mol. The van der Waals surface area contributed by atoms with Crippen LogP contribution in [0.25, 0.3) is 0 Å². The van der Waals surface area contributed by atoms with Crippen LogP contribution in [0.1, 0.15) is 33.1 Å². The van der Waals surface area contributed by atoms with E-state index >= 15 is 0 Å². The van der Waals surface area contributed by atoms with Crippen molar-refractivity contribution >= 4 is 61.7 Å². The molecule has 1 aromatic heterocycles. The number of halogens is 1. The molecule has 2 aliphatic heterocycles. The van der Waals surface area contributed by atoms with Crippen molar-refractivity contribution in [1.82, 2.24) is 0 Å². The molecular weight excluding hydrogens is 510 g/mol. The van der Waals surface area contributed by atoms with Crippen molar-refractivity contribution < 1.29 is 22.8 Å². The van der Waals surface area contributed by atoms with E-state index in [1.165, 1.54) is 12.1 Å². The van der Waals surface area contributed by atoms with Gasteiger partial charge >= 0.3 is 0 Å². The van der Waals surface area contributed by atoms with Crippen LogP contribution in [0.3, 0.4) is 0 Å². The smallest absolute Gasteiger partial charge is 0.265 e. The van der Waals surface area contributed by atoms with E-state index in [9.17, 15) is 22.8 Å². The quantitative estimate of drug-likeness (QED) is 0.470. The number of fused-ring (bicyclic) bond motifs is 2. The van der Waals surface area contributed by atoms with Crippen molar-refractivity contribution in [2.75, 3.05) is 22.5 Å². The lowest BCUT2D eigenvalue weighted by atomic mass is 9.91. The second-order valence-electron chi connectivity index (χ2n) is 8.43. The lowest BCUT2D eigenvalue weighted by molar-refractivity contribution is -0.119. The summed E-state index contributed by atoms with van der Waals surface area (Å²) in [6, 6.07) is 11.7. The molecule has 180 valence electrons. The van der Waals surface area contributed by atoms with E-state index in [4.69, 9.17) is 17.3 Å². The molecule has 3 N–H and O–H groups in total. The molecule has 2 amide bonds. The number of rotatable bonds is 6. The highest BCUT2D eigenvalue weighted by Gasteiger charge is 2.39. The van der Waals surface area contributed by atoms with Gasteiger partial charge in [-0.05, 0) is 59.5 Å². The zero-order chi connectivity index (χ0) is 24.9. The van der Waals surface area contributed by atoms with E-state index < -0.39 is 39.2 Å². The molecule has 0 radical (unpaired) electrons. The van der Waals surface area contributed by atoms with Gasteiger partial charge in [0, 0.05) is 24.2 Å². The number of benzene rings is 2. The Morgan fingerprint density at radius 2 is 1.89 bits per heavy atom. The summed E-state index contributed by atoms with van der Waals surface area (Å²) in [7, 11) is -3.77. The maximum atomic E-state index is 13.2. The lowest BCUT2D eigenvalue weighted by Crippen LogP contribution is -2.47. The summed E-state index contributed by atoms with van der Waals surface area (Å²) < 4.78 is 25.2. The Kier molecular flexibility index (Phi) is 6.00. The minimum absolute atomic E-state index is 0.0476. The summed E-state index contributed by atoms with van der Waals surface area (Å²) in [6.45, 7) is 0.766. The number of nitrogens with two attached hydrogens (primary N) is 1. The highest BCUT2D eigenvalue weighted by Crippen LogP contribution is 2.35. The monoisotopic (exact) mass is 529 g/mol. The fourth-order valence-electron chi connectivity index (χ4n) is 4.33. The number of Topliss-reactive ketones (excluding diaryl/α,β-unsaturated/α-hetero) is 1. The SMILES string of the molecule is NC1C(=O)N(c2ccc(CC(=O)CS(=O)(=O)c3ccc(Cl)s3)cc2)C(=O)c2cc3c(cc21)NCC3. The average Bonchev–Trinajstić information content (AvgIpc) is 3.46. The fraction of sp³-hybridized carbons (Fsp3) is 0.208. The molecule has 0 fully saturated rings. The number of hydrogen-bond donors (Lipinski definition) is 2. The molecule has 0 saturated carbocycles. The van der Waals surface area contributed by atoms with Gasteiger partial charge in [-0.25, -0.2) is 13.3 Å². The summed E-state index contributed by atoms with van der Waals surface area (Å²) >= 11 is 6.71. The first-order valence-corrected chi connectivity index (χ1v) is 13.6. The molecular formula is C24H20ClN3O5S2. The van der Waals surface area contributed by atoms with Crippen LogP contribution in [0.2, 0.25) is 4.34 Å². The summed E-state index contributed by atoms with van der Waals surface area (Å²) in [5.41, 5.74) is 9.89. The number of sulfone groups is 1. The first-order chi connectivity index (χ1) is 16.6. The molecule has 0 saturated heterocycles. The summed E-state index contributed by atoms with van der Waals surface area (Å²) in [4.78, 5) is 39.7. The standard InChI is InChI=1S/C24H20ClN3O5S2/c25-20-5-6-21(34-20)35(32,33)12-16(29)9-13-1-3-15(4-2-13)28-23(30)18-10-14-7-8-27-19(14)11-17(18)22(26)24(28)31/h1-6,10-11,22,27H,7-9,12,26H2. The predicted octanol–water partition coefficient (Wildman–Crippen LogP) is 3.14. The molecule has 1 atom stereocenters. The average molecular weight is 530 g/mol. The topological polar surface area (TPSA) is 127 Å². The highest BCUT2D eigenvalue weighted by atomic mass is 35.5. The Morgan fingerprint density at radius 3 is 2.57 bits per heavy atom. The van der Waals surface area contributed by atoms with Crippen molar-refractivity contribution in [2.45, 2.75) is 23.1 Å². The molecule has 0 aliphatic carbocycles. The number of carbonyl (C=O) groups excluding carboxylic acids is 3. The van der Waals surface area contributed by atoms with Crippen molar-refractivity contribution in [3.8, 4) is 0 Å². The van der Waals surface area contributed by atoms with Crippen molar-refractivity contribution in [2.24, 2.45) is 5.73 Å². The van der Waals surface area contributed by atoms with Crippen molar-refractivity contribution in [3.63, 3.8) is 0 Å². The van der Waals surface area contributed by atoms with Gasteiger partial charge in [0.15, 0.2) is 15.6 Å². The molecule has 2 aromatic carbocycles. The second kappa shape index (κ2) is 8.87. The van der Waals surface area contributed by atoms with E-state index in [0.29, 0.717) is 26.7 Å². The zero-order valence-electron chi connectivity index (χ0n) is 18.3. The first-order valence-electron chi connectivity index (χ1n) is 10.8. The number of nitrogens with one attached hydrogen (secondary N) is 1. The van der Waals surface area contributed by atoms with Crippen molar-refractivity contribution in [1.29, 1.82) is 0 Å². The third-order valence-corrected chi connectivity index (χ3v) is 9.53. The summed E-state index contributed by atoms with van der Waals surface area (Å²) in [6.07, 6.45) is 0.680. The van der Waals surface area contributed by atoms with Crippen molar-refractivity contribution in [3.05, 3.63) is 75.1 Å². The molecule has 3 aromatic rings. The second-order valence-corrected chi connectivity index (χ2v) is 12.4. The molecule has 35 heavy (non-hydrogen) atoms. The van der Waals surface area contributed by atoms with Crippen LogP contribution in [0, 0.1) is 0 Å². The van der Waals surface area contributed by atoms with Gasteiger partial charge in [-0.2, -0.15) is 0 Å². The Morgan fingerprint density at radius 1 is 1.14 bits per heavy atom. The molecule has 5 rings (SSSR count). The minimum Gasteiger partial charge on any atom is -0.384 e. The fourth-order valence-corrected chi connectivity index (χ4v) is 7.15. The Labute approximate surface area is 210 Å². The minimum atomic E-state index is -3.77. The molecule has 3 heterocycles. The molecule has 11 heteroatoms. The Balaban J connectivity index is 1.33. The van der Waals surface area contributed by atoms with Gasteiger partial charge in [-0.3, -0.25) is 14.4 Å². The summed E-state index contributed by atoms with van der Waals surface area (Å²) in [5.74, 6) is -2.11. The zero-order valence-corrected chi connectivity index (χ0v) is 20.7. The van der Waals surface area contributed by atoms with Gasteiger partial charge < -0.3 is 11.1 Å². The normalized spacial score (nSPS) is 17.2. The van der Waals surface area contributed by atoms with Gasteiger partial charge in [0.25, 0.3) is 11.8 Å². The van der Waals surface area contributed by atoms with Crippen LogP contribution in [0.5, 0.6) is 0 Å². The number of imide groups is 1. The third-order valence-electron chi connectivity index (χ3n) is 6.04. The largest absolute Gasteiger partial charge is 0.384 e. The van der Waals surface area contributed by atoms with E-state index in [1.807, 2.05) is 0 Å². The van der Waals surface area contributed by atoms with E-state index in [-0.39, 0.29) is 10.6 Å². The summed E-state index contributed by atoms with van der Waals surface area (Å²) in [5, 5.41) is 3.23. The van der Waals surface area contributed by atoms with E-state index in [2.05, 4.69) is 5.32 Å². The number of carbonyl (C=O) groups is 3. The molecule has 1 unspecified atom stereocenters. The van der Waals surface area contributed by atoms with Crippen LogP contribution < -0.4 is 16.0 Å². The first kappa shape index (κ1) is 23.7. The van der Waals surface area contributed by atoms with Crippen LogP contribution >= 0.6 is 22.9 Å². The Hall–Kier alpha value is -3.05. The lowest BCUT2D eigenvalue weighted by Gasteiger charge is -2.31.